The summed E-state index contributed by atoms with van der Waals surface area (Å²) in [5.74, 6) is 0.875. The van der Waals surface area contributed by atoms with Gasteiger partial charge in [0.15, 0.2) is 34.9 Å². The van der Waals surface area contributed by atoms with E-state index in [1.807, 2.05) is 152 Å². The monoisotopic (exact) mass is 1370 g/mol. The van der Waals surface area contributed by atoms with Crippen LogP contribution in [0, 0.1) is 0 Å². The summed E-state index contributed by atoms with van der Waals surface area (Å²) in [5.41, 5.74) is 16.3. The van der Waals surface area contributed by atoms with Gasteiger partial charge >= 0.3 is 0 Å². The topological polar surface area (TPSA) is 135 Å². The van der Waals surface area contributed by atoms with Gasteiger partial charge in [-0.1, -0.05) is 237 Å². The Morgan fingerprint density at radius 2 is 0.654 bits per heavy atom. The van der Waals surface area contributed by atoms with Crippen molar-refractivity contribution in [2.24, 2.45) is 0 Å². The van der Waals surface area contributed by atoms with Crippen molar-refractivity contribution in [2.45, 2.75) is 13.8 Å². The normalized spacial score (nSPS) is 13.1. The smallest absolute Gasteiger partial charge is 0.164 e. The molecule has 1 aliphatic rings. The molecule has 14 aromatic carbocycles. The third-order valence-corrected chi connectivity index (χ3v) is 19.2. The van der Waals surface area contributed by atoms with Crippen molar-refractivity contribution in [1.82, 2.24) is 34.5 Å². The second-order valence-corrected chi connectivity index (χ2v) is 25.4. The lowest BCUT2D eigenvalue weighted by molar-refractivity contribution is 0.668. The summed E-state index contributed by atoms with van der Waals surface area (Å²) in [6.07, 6.45) is 1.10. The van der Waals surface area contributed by atoms with Gasteiger partial charge in [0, 0.05) is 110 Å². The van der Waals surface area contributed by atoms with Gasteiger partial charge in [0.05, 0.1) is 24.7 Å². The van der Waals surface area contributed by atoms with Gasteiger partial charge in [-0.2, -0.15) is 0 Å². The number of nitrogens with zero attached hydrogens (tertiary/aromatic N) is 7. The fourth-order valence-electron chi connectivity index (χ4n) is 14.3. The summed E-state index contributed by atoms with van der Waals surface area (Å²) in [6, 6.07) is 79.0. The van der Waals surface area contributed by atoms with Gasteiger partial charge in [-0.3, -0.25) is 0 Å². The largest absolute Gasteiger partial charge is 0.456 e. The average Bonchev–Trinajstić information content (AvgIpc) is 1.57. The fourth-order valence-corrected chi connectivity index (χ4v) is 14.5. The molecule has 492 valence electrons. The quantitative estimate of drug-likeness (QED) is 0.152. The average molecular weight is 1370 g/mol. The first-order valence-electron chi connectivity index (χ1n) is 38.3. The van der Waals surface area contributed by atoms with E-state index < -0.39 is 60.4 Å². The molecule has 0 aliphatic heterocycles. The molecular formula is C92H58ClN7O4. The molecule has 1 aliphatic carbocycles. The lowest BCUT2D eigenvalue weighted by Gasteiger charge is -2.09. The van der Waals surface area contributed by atoms with Crippen molar-refractivity contribution < 1.29 is 31.4 Å². The molecule has 0 radical (unpaired) electrons. The van der Waals surface area contributed by atoms with E-state index >= 15 is 0 Å². The molecule has 0 saturated heterocycles. The van der Waals surface area contributed by atoms with Crippen LogP contribution >= 0.6 is 11.6 Å². The van der Waals surface area contributed by atoms with Crippen LogP contribution in [-0.4, -0.2) is 34.5 Å². The van der Waals surface area contributed by atoms with E-state index in [4.69, 9.17) is 67.9 Å². The standard InChI is InChI=1S/C45H26N4O2.C33H18ClN3O2.C13H10.CH4/c1-2-11-27(12-3-1)43-46-44(28-21-23-33-32-15-6-9-19-38(32)50-40(33)25-28)48-45(47-43)35-16-10-20-39-42(35)34-24-22-29(26-41(34)51-39)49-36-17-7-4-13-30(36)31-14-5-8-18-37(31)49;34-21-14-16-24-29(18-21)39-27-12-6-10-25(30(24)27)33-36-31(19-7-2-1-3-8-19)35-32(37-33)20-13-15-23-22-9-4-5-11-26(22)38-28(23)17-20;1-3-7-12-10(5-1)9-11-6-2-4-8-13(11)12;/h1-26H;1-18H;1-8H,9H2;1H4/i1D,2D,3D,11D,12D;1D,2D,3D,7D,8D;;. The maximum Gasteiger partial charge on any atom is 0.164 e. The maximum atomic E-state index is 8.78. The van der Waals surface area contributed by atoms with E-state index in [1.54, 1.807) is 12.1 Å². The first-order valence-corrected chi connectivity index (χ1v) is 33.7. The molecule has 12 heteroatoms. The molecule has 0 N–H and O–H groups in total. The summed E-state index contributed by atoms with van der Waals surface area (Å²) in [6.45, 7) is 0. The van der Waals surface area contributed by atoms with Gasteiger partial charge < -0.3 is 22.2 Å². The molecular weight excluding hydrogens is 1300 g/mol. The van der Waals surface area contributed by atoms with Gasteiger partial charge in [-0.05, 0) is 114 Å². The van der Waals surface area contributed by atoms with Crippen LogP contribution in [0.15, 0.2) is 333 Å². The van der Waals surface area contributed by atoms with Gasteiger partial charge in [-0.15, -0.1) is 0 Å². The summed E-state index contributed by atoms with van der Waals surface area (Å²) >= 11 is 6.23. The van der Waals surface area contributed by atoms with E-state index in [9.17, 15) is 0 Å². The first kappa shape index (κ1) is 51.5. The Morgan fingerprint density at radius 3 is 1.16 bits per heavy atom. The zero-order valence-corrected chi connectivity index (χ0v) is 54.9. The maximum absolute atomic E-state index is 8.78. The SMILES string of the molecule is C.[2H]c1c([2H])c([2H])c(-c2nc(-c3ccc4c(c3)oc3ccccc34)nc(-c3cccc4oc5cc(-n6c7ccccc7c7ccccc76)ccc5c34)n2)c([2H])c1[2H].[2H]c1c([2H])c([2H])c(-c2nc(-c3ccc4c(c3)oc3ccccc34)nc(-c3cccc4oc5cc(Cl)ccc5c34)n2)c([2H])c1[2H].c1ccc2c(c1)Cc1ccccc1-2. The highest BCUT2D eigenvalue weighted by molar-refractivity contribution is 6.31. The number of hydrogen-bond donors (Lipinski definition) is 0. The zero-order chi connectivity index (χ0) is 76.8. The Balaban J connectivity index is 0.000000133. The van der Waals surface area contributed by atoms with Crippen LogP contribution in [0.1, 0.15) is 32.3 Å². The molecule has 7 heterocycles. The zero-order valence-electron chi connectivity index (χ0n) is 64.1. The minimum absolute atomic E-state index is 0. The molecule has 22 rings (SSSR count). The summed E-state index contributed by atoms with van der Waals surface area (Å²) in [7, 11) is 0. The van der Waals surface area contributed by atoms with E-state index in [2.05, 4.69) is 101 Å². The van der Waals surface area contributed by atoms with Crippen LogP contribution in [-0.2, 0) is 6.42 Å². The van der Waals surface area contributed by atoms with E-state index in [0.29, 0.717) is 60.8 Å². The third kappa shape index (κ3) is 10.6. The molecule has 0 fully saturated rings. The second kappa shape index (κ2) is 25.2. The van der Waals surface area contributed by atoms with Crippen LogP contribution in [0.4, 0.5) is 0 Å². The number of furan rings is 4. The molecule has 0 unspecified atom stereocenters. The van der Waals surface area contributed by atoms with Crippen molar-refractivity contribution >= 4 is 121 Å². The Kier molecular flexibility index (Phi) is 12.5. The van der Waals surface area contributed by atoms with Crippen LogP contribution in [0.25, 0.3) is 195 Å². The Hall–Kier alpha value is -13.6. The molecule has 11 nitrogen and oxygen atoms in total. The van der Waals surface area contributed by atoms with E-state index in [-0.39, 0.29) is 53.5 Å². The third-order valence-electron chi connectivity index (χ3n) is 19.0. The number of halogens is 1. The molecule has 21 aromatic rings. The van der Waals surface area contributed by atoms with Gasteiger partial charge in [-0.25, -0.2) is 29.9 Å². The number of aromatic nitrogens is 7. The van der Waals surface area contributed by atoms with Gasteiger partial charge in [0.2, 0.25) is 0 Å². The van der Waals surface area contributed by atoms with E-state index in [1.165, 1.54) is 22.3 Å². The van der Waals surface area contributed by atoms with Crippen LogP contribution in [0.5, 0.6) is 0 Å². The van der Waals surface area contributed by atoms with Gasteiger partial charge in [0.25, 0.3) is 0 Å². The highest BCUT2D eigenvalue weighted by atomic mass is 35.5. The van der Waals surface area contributed by atoms with Crippen molar-refractivity contribution in [1.29, 1.82) is 0 Å². The van der Waals surface area contributed by atoms with E-state index in [0.717, 1.165) is 88.2 Å². The van der Waals surface area contributed by atoms with Crippen molar-refractivity contribution in [2.75, 3.05) is 0 Å². The molecule has 0 spiro atoms. The summed E-state index contributed by atoms with van der Waals surface area (Å²) in [5, 5.41) is 9.83. The second-order valence-electron chi connectivity index (χ2n) is 25.0. The molecule has 0 atom stereocenters. The number of benzene rings is 14. The molecule has 0 bridgehead atoms. The highest BCUT2D eigenvalue weighted by Gasteiger charge is 2.23. The van der Waals surface area contributed by atoms with Crippen LogP contribution < -0.4 is 0 Å². The lowest BCUT2D eigenvalue weighted by Crippen LogP contribution is -2.00. The Morgan fingerprint density at radius 1 is 0.288 bits per heavy atom. The van der Waals surface area contributed by atoms with Crippen molar-refractivity contribution in [3.63, 3.8) is 0 Å². The Labute approximate surface area is 614 Å². The predicted molar refractivity (Wildman–Crippen MR) is 422 cm³/mol. The Bertz CT molecular complexity index is 7470. The highest BCUT2D eigenvalue weighted by Crippen LogP contribution is 2.43. The van der Waals surface area contributed by atoms with Crippen LogP contribution in [0.3, 0.4) is 0 Å². The molecule has 0 saturated carbocycles. The number of hydrogen-bond acceptors (Lipinski definition) is 10. The van der Waals surface area contributed by atoms with Crippen LogP contribution in [0.2, 0.25) is 5.02 Å². The fraction of sp³-hybridized carbons (Fsp3) is 0.0217. The minimum atomic E-state index is -0.498. The first-order chi connectivity index (χ1) is 55.1. The molecule has 0 amide bonds. The number of rotatable bonds is 7. The number of para-hydroxylation sites is 4. The van der Waals surface area contributed by atoms with Crippen molar-refractivity contribution in [3.8, 4) is 85.1 Å². The number of fused-ring (bicyclic) bond motifs is 18. The molecule has 104 heavy (non-hydrogen) atoms. The summed E-state index contributed by atoms with van der Waals surface area (Å²) < 4.78 is 111. The minimum Gasteiger partial charge on any atom is -0.456 e. The lowest BCUT2D eigenvalue weighted by atomic mass is 10.0. The summed E-state index contributed by atoms with van der Waals surface area (Å²) in [4.78, 5) is 28.8. The van der Waals surface area contributed by atoms with Gasteiger partial charge in [0.1, 0.15) is 44.7 Å². The molecule has 7 aromatic heterocycles. The predicted octanol–water partition coefficient (Wildman–Crippen LogP) is 25.0. The van der Waals surface area contributed by atoms with Crippen molar-refractivity contribution in [3.05, 3.63) is 331 Å².